The van der Waals surface area contributed by atoms with Crippen LogP contribution in [0.1, 0.15) is 11.8 Å². The number of carboxylic acid groups (broad SMARTS) is 2. The average molecular weight is 439 g/mol. The lowest BCUT2D eigenvalue weighted by Gasteiger charge is -2.31. The number of carbonyl (C=O) groups is 2. The van der Waals surface area contributed by atoms with Gasteiger partial charge >= 0.3 is 11.9 Å². The SMILES string of the molecule is Fc1ccc(O[C@@H](c2ccccn2)[C@@H]2CNCCO2)c(Cl)c1.O=C(O)C=CC(=O)O. The Bertz CT molecular complexity index is 859. The van der Waals surface area contributed by atoms with Crippen LogP contribution in [0.4, 0.5) is 4.39 Å². The predicted octanol–water partition coefficient (Wildman–Crippen LogP) is 2.69. The van der Waals surface area contributed by atoms with Crippen LogP contribution in [-0.4, -0.2) is 52.9 Å². The molecule has 30 heavy (non-hydrogen) atoms. The molecule has 1 saturated heterocycles. The highest BCUT2D eigenvalue weighted by molar-refractivity contribution is 6.32. The summed E-state index contributed by atoms with van der Waals surface area (Å²) >= 11 is 6.06. The molecule has 0 bridgehead atoms. The van der Waals surface area contributed by atoms with Gasteiger partial charge in [-0.05, 0) is 30.3 Å². The number of carboxylic acids is 2. The lowest BCUT2D eigenvalue weighted by molar-refractivity contribution is -0.134. The summed E-state index contributed by atoms with van der Waals surface area (Å²) in [6.45, 7) is 2.07. The van der Waals surface area contributed by atoms with Gasteiger partial charge < -0.3 is 25.0 Å². The molecule has 2 heterocycles. The van der Waals surface area contributed by atoms with Crippen molar-refractivity contribution < 1.29 is 33.7 Å². The minimum Gasteiger partial charge on any atom is -0.480 e. The lowest BCUT2D eigenvalue weighted by Crippen LogP contribution is -2.43. The molecule has 0 spiro atoms. The summed E-state index contributed by atoms with van der Waals surface area (Å²) in [5.74, 6) is -2.50. The Hall–Kier alpha value is -3.01. The predicted molar refractivity (Wildman–Crippen MR) is 106 cm³/mol. The Morgan fingerprint density at radius 2 is 2.00 bits per heavy atom. The van der Waals surface area contributed by atoms with Crippen molar-refractivity contribution in [2.45, 2.75) is 12.2 Å². The number of aromatic nitrogens is 1. The Morgan fingerprint density at radius 3 is 2.53 bits per heavy atom. The highest BCUT2D eigenvalue weighted by atomic mass is 35.5. The first-order chi connectivity index (χ1) is 14.4. The van der Waals surface area contributed by atoms with E-state index >= 15 is 0 Å². The molecule has 1 aliphatic rings. The van der Waals surface area contributed by atoms with Gasteiger partial charge in [-0.1, -0.05) is 17.7 Å². The maximum absolute atomic E-state index is 13.2. The Kier molecular flexibility index (Phi) is 9.20. The minimum absolute atomic E-state index is 0.190. The first-order valence-electron chi connectivity index (χ1n) is 8.85. The molecule has 0 saturated carbocycles. The number of morpholine rings is 1. The van der Waals surface area contributed by atoms with Gasteiger partial charge in [0, 0.05) is 31.4 Å². The number of rotatable bonds is 6. The molecule has 2 atom stereocenters. The second-order valence-electron chi connectivity index (χ2n) is 5.99. The van der Waals surface area contributed by atoms with Gasteiger partial charge in [0.25, 0.3) is 0 Å². The molecule has 0 radical (unpaired) electrons. The summed E-state index contributed by atoms with van der Waals surface area (Å²) in [5, 5.41) is 19.1. The molecule has 2 aromatic rings. The van der Waals surface area contributed by atoms with Gasteiger partial charge in [0.05, 0.1) is 17.3 Å². The van der Waals surface area contributed by atoms with Crippen molar-refractivity contribution >= 4 is 23.5 Å². The molecule has 0 amide bonds. The topological polar surface area (TPSA) is 118 Å². The zero-order chi connectivity index (χ0) is 21.9. The van der Waals surface area contributed by atoms with Crippen LogP contribution in [0.15, 0.2) is 54.7 Å². The number of pyridine rings is 1. The molecule has 0 aliphatic carbocycles. The molecule has 3 rings (SSSR count). The largest absolute Gasteiger partial charge is 0.480 e. The van der Waals surface area contributed by atoms with Gasteiger partial charge in [0.1, 0.15) is 17.7 Å². The Morgan fingerprint density at radius 1 is 1.27 bits per heavy atom. The monoisotopic (exact) mass is 438 g/mol. The third kappa shape index (κ3) is 7.78. The number of nitrogens with one attached hydrogen (secondary N) is 1. The summed E-state index contributed by atoms with van der Waals surface area (Å²) in [4.78, 5) is 23.5. The van der Waals surface area contributed by atoms with E-state index in [1.54, 1.807) is 6.20 Å². The van der Waals surface area contributed by atoms with E-state index in [-0.39, 0.29) is 11.1 Å². The Labute approximate surface area is 176 Å². The van der Waals surface area contributed by atoms with Crippen molar-refractivity contribution in [3.8, 4) is 5.75 Å². The fourth-order valence-electron chi connectivity index (χ4n) is 2.50. The molecule has 0 unspecified atom stereocenters. The van der Waals surface area contributed by atoms with E-state index in [0.717, 1.165) is 12.2 Å². The molecule has 8 nitrogen and oxygen atoms in total. The maximum Gasteiger partial charge on any atom is 0.328 e. The van der Waals surface area contributed by atoms with E-state index in [0.29, 0.717) is 31.1 Å². The molecule has 10 heteroatoms. The first kappa shape index (κ1) is 23.3. The summed E-state index contributed by atoms with van der Waals surface area (Å²) in [5.41, 5.74) is 0.747. The summed E-state index contributed by atoms with van der Waals surface area (Å²) in [6, 6.07) is 9.67. The van der Waals surface area contributed by atoms with Crippen molar-refractivity contribution in [3.05, 3.63) is 71.3 Å². The standard InChI is InChI=1S/C16H16ClFN2O2.C4H4O4/c17-12-9-11(18)4-5-14(12)22-16(13-3-1-2-6-20-13)15-10-19-7-8-21-15;5-3(6)1-2-4(7)8/h1-6,9,15-16,19H,7-8,10H2;1-2H,(H,5,6)(H,7,8)/t15-,16-;/m0./s1. The second-order valence-corrected chi connectivity index (χ2v) is 6.40. The highest BCUT2D eigenvalue weighted by Gasteiger charge is 2.29. The van der Waals surface area contributed by atoms with Crippen LogP contribution in [0.3, 0.4) is 0 Å². The number of aliphatic carboxylic acids is 2. The quantitative estimate of drug-likeness (QED) is 0.589. The van der Waals surface area contributed by atoms with Gasteiger partial charge in [-0.2, -0.15) is 0 Å². The third-order valence-corrected chi connectivity index (χ3v) is 4.08. The van der Waals surface area contributed by atoms with Crippen LogP contribution in [0.25, 0.3) is 0 Å². The lowest BCUT2D eigenvalue weighted by atomic mass is 10.1. The van der Waals surface area contributed by atoms with E-state index in [1.807, 2.05) is 18.2 Å². The number of nitrogens with zero attached hydrogens (tertiary/aromatic N) is 1. The summed E-state index contributed by atoms with van der Waals surface area (Å²) in [7, 11) is 0. The van der Waals surface area contributed by atoms with Crippen LogP contribution in [0.2, 0.25) is 5.02 Å². The van der Waals surface area contributed by atoms with E-state index in [2.05, 4.69) is 10.3 Å². The molecule has 1 aromatic carbocycles. The van der Waals surface area contributed by atoms with Gasteiger partial charge in [-0.3, -0.25) is 4.98 Å². The number of halogens is 2. The third-order valence-electron chi connectivity index (χ3n) is 3.79. The van der Waals surface area contributed by atoms with Gasteiger partial charge in [-0.15, -0.1) is 0 Å². The highest BCUT2D eigenvalue weighted by Crippen LogP contribution is 2.31. The van der Waals surface area contributed by atoms with E-state index < -0.39 is 23.9 Å². The molecule has 160 valence electrons. The normalized spacial score (nSPS) is 16.9. The smallest absolute Gasteiger partial charge is 0.328 e. The van der Waals surface area contributed by atoms with Crippen molar-refractivity contribution in [3.63, 3.8) is 0 Å². The second kappa shape index (κ2) is 11.9. The minimum atomic E-state index is -1.26. The van der Waals surface area contributed by atoms with Crippen LogP contribution in [0.5, 0.6) is 5.75 Å². The molecule has 3 N–H and O–H groups in total. The first-order valence-corrected chi connectivity index (χ1v) is 9.23. The van der Waals surface area contributed by atoms with Gasteiger partial charge in [0.2, 0.25) is 0 Å². The molecule has 1 aliphatic heterocycles. The fourth-order valence-corrected chi connectivity index (χ4v) is 2.71. The van der Waals surface area contributed by atoms with Crippen molar-refractivity contribution in [2.24, 2.45) is 0 Å². The summed E-state index contributed by atoms with van der Waals surface area (Å²) in [6.07, 6.45) is 2.21. The molecular formula is C20H20ClFN2O6. The molecule has 1 fully saturated rings. The van der Waals surface area contributed by atoms with Crippen molar-refractivity contribution in [1.29, 1.82) is 0 Å². The zero-order valence-electron chi connectivity index (χ0n) is 15.7. The summed E-state index contributed by atoms with van der Waals surface area (Å²) < 4.78 is 25.0. The van der Waals surface area contributed by atoms with Crippen LogP contribution < -0.4 is 10.1 Å². The fraction of sp³-hybridized carbons (Fsp3) is 0.250. The van der Waals surface area contributed by atoms with E-state index in [9.17, 15) is 14.0 Å². The van der Waals surface area contributed by atoms with Crippen molar-refractivity contribution in [1.82, 2.24) is 10.3 Å². The van der Waals surface area contributed by atoms with Crippen LogP contribution >= 0.6 is 11.6 Å². The van der Waals surface area contributed by atoms with E-state index in [1.165, 1.54) is 18.2 Å². The van der Waals surface area contributed by atoms with Gasteiger partial charge in [0.15, 0.2) is 6.10 Å². The number of hydrogen-bond donors (Lipinski definition) is 3. The van der Waals surface area contributed by atoms with Crippen LogP contribution in [0, 0.1) is 5.82 Å². The molecule has 1 aromatic heterocycles. The zero-order valence-corrected chi connectivity index (χ0v) is 16.5. The van der Waals surface area contributed by atoms with E-state index in [4.69, 9.17) is 31.3 Å². The number of benzene rings is 1. The number of hydrogen-bond acceptors (Lipinski definition) is 6. The van der Waals surface area contributed by atoms with Crippen LogP contribution in [-0.2, 0) is 14.3 Å². The van der Waals surface area contributed by atoms with Crippen molar-refractivity contribution in [2.75, 3.05) is 19.7 Å². The molecular weight excluding hydrogens is 419 g/mol. The number of ether oxygens (including phenoxy) is 2. The Balaban J connectivity index is 0.000000343. The maximum atomic E-state index is 13.2. The van der Waals surface area contributed by atoms with Gasteiger partial charge in [-0.25, -0.2) is 14.0 Å². The average Bonchev–Trinajstić information content (AvgIpc) is 2.73.